The summed E-state index contributed by atoms with van der Waals surface area (Å²) >= 11 is 0. The van der Waals surface area contributed by atoms with Gasteiger partial charge in [0.05, 0.1) is 12.1 Å². The quantitative estimate of drug-likeness (QED) is 0.898. The topological polar surface area (TPSA) is 52.6 Å². The van der Waals surface area contributed by atoms with Crippen LogP contribution in [0.5, 0.6) is 0 Å². The first kappa shape index (κ1) is 16.8. The third-order valence-electron chi connectivity index (χ3n) is 4.74. The molecule has 0 spiro atoms. The number of amides is 2. The number of nitrogens with one attached hydrogen (secondary N) is 1. The Morgan fingerprint density at radius 2 is 1.86 bits per heavy atom. The molecule has 122 valence electrons. The monoisotopic (exact) mass is 304 g/mol. The third kappa shape index (κ3) is 4.23. The van der Waals surface area contributed by atoms with Crippen molar-refractivity contribution in [3.05, 3.63) is 35.4 Å². The molecule has 1 aromatic rings. The minimum Gasteiger partial charge on any atom is -0.393 e. The summed E-state index contributed by atoms with van der Waals surface area (Å²) in [5.41, 5.74) is 2.44. The number of hydrogen-bond donors (Lipinski definition) is 2. The number of piperidine rings is 1. The Balaban J connectivity index is 1.86. The standard InChI is InChI=1S/C18H28N2O2/c1-4-15-5-7-16(8-6-15)13(2)19-18(22)20-11-9-17(10-12-20)14(3)21/h5-8,13-14,17,21H,4,9-12H2,1-3H3,(H,19,22). The molecule has 1 aliphatic heterocycles. The Morgan fingerprint density at radius 3 is 2.36 bits per heavy atom. The van der Waals surface area contributed by atoms with Gasteiger partial charge in [-0.05, 0) is 50.2 Å². The minimum atomic E-state index is -0.277. The Bertz CT molecular complexity index is 476. The Morgan fingerprint density at radius 1 is 1.27 bits per heavy atom. The predicted octanol–water partition coefficient (Wildman–Crippen LogP) is 3.11. The molecule has 2 amide bonds. The molecular weight excluding hydrogens is 276 g/mol. The SMILES string of the molecule is CCc1ccc(C(C)NC(=O)N2CCC(C(C)O)CC2)cc1. The molecule has 4 nitrogen and oxygen atoms in total. The van der Waals surface area contributed by atoms with E-state index in [4.69, 9.17) is 0 Å². The minimum absolute atomic E-state index is 0.00360. The molecule has 2 unspecified atom stereocenters. The summed E-state index contributed by atoms with van der Waals surface area (Å²) in [6.07, 6.45) is 2.51. The highest BCUT2D eigenvalue weighted by molar-refractivity contribution is 5.74. The molecule has 0 saturated carbocycles. The Labute approximate surface area is 133 Å². The summed E-state index contributed by atoms with van der Waals surface area (Å²) in [6.45, 7) is 7.44. The number of urea groups is 1. The second-order valence-electron chi connectivity index (χ2n) is 6.33. The van der Waals surface area contributed by atoms with E-state index in [1.807, 2.05) is 18.7 Å². The zero-order valence-corrected chi connectivity index (χ0v) is 13.9. The van der Waals surface area contributed by atoms with Gasteiger partial charge in [0.2, 0.25) is 0 Å². The summed E-state index contributed by atoms with van der Waals surface area (Å²) in [5.74, 6) is 0.322. The molecule has 0 aromatic heterocycles. The maximum absolute atomic E-state index is 12.3. The van der Waals surface area contributed by atoms with Gasteiger partial charge in [-0.15, -0.1) is 0 Å². The van der Waals surface area contributed by atoms with E-state index in [0.29, 0.717) is 5.92 Å². The molecule has 22 heavy (non-hydrogen) atoms. The van der Waals surface area contributed by atoms with Gasteiger partial charge in [-0.3, -0.25) is 0 Å². The van der Waals surface area contributed by atoms with Crippen molar-refractivity contribution >= 4 is 6.03 Å². The number of aliphatic hydroxyl groups is 1. The number of aliphatic hydroxyl groups excluding tert-OH is 1. The van der Waals surface area contributed by atoms with Gasteiger partial charge < -0.3 is 15.3 Å². The molecule has 0 radical (unpaired) electrons. The lowest BCUT2D eigenvalue weighted by Gasteiger charge is -2.34. The van der Waals surface area contributed by atoms with Gasteiger partial charge in [0.1, 0.15) is 0 Å². The fourth-order valence-electron chi connectivity index (χ4n) is 2.99. The van der Waals surface area contributed by atoms with Crippen LogP contribution in [0.15, 0.2) is 24.3 Å². The highest BCUT2D eigenvalue weighted by Gasteiger charge is 2.26. The van der Waals surface area contributed by atoms with Crippen LogP contribution in [0.3, 0.4) is 0 Å². The Hall–Kier alpha value is -1.55. The number of rotatable bonds is 4. The van der Waals surface area contributed by atoms with E-state index in [-0.39, 0.29) is 18.2 Å². The number of likely N-dealkylation sites (tertiary alicyclic amines) is 1. The Kier molecular flexibility index (Phi) is 5.83. The van der Waals surface area contributed by atoms with E-state index in [9.17, 15) is 9.90 Å². The lowest BCUT2D eigenvalue weighted by atomic mass is 9.92. The van der Waals surface area contributed by atoms with E-state index in [1.165, 1.54) is 5.56 Å². The van der Waals surface area contributed by atoms with Gasteiger partial charge in [0.25, 0.3) is 0 Å². The highest BCUT2D eigenvalue weighted by Crippen LogP contribution is 2.21. The van der Waals surface area contributed by atoms with Crippen molar-refractivity contribution in [2.75, 3.05) is 13.1 Å². The van der Waals surface area contributed by atoms with Crippen molar-refractivity contribution in [3.8, 4) is 0 Å². The second kappa shape index (κ2) is 7.63. The van der Waals surface area contributed by atoms with Crippen LogP contribution in [0.2, 0.25) is 0 Å². The lowest BCUT2D eigenvalue weighted by Crippen LogP contribution is -2.46. The van der Waals surface area contributed by atoms with Crippen LogP contribution in [-0.2, 0) is 6.42 Å². The summed E-state index contributed by atoms with van der Waals surface area (Å²) < 4.78 is 0. The maximum Gasteiger partial charge on any atom is 0.317 e. The zero-order valence-electron chi connectivity index (χ0n) is 13.9. The first-order chi connectivity index (χ1) is 10.5. The molecule has 2 N–H and O–H groups in total. The molecule has 2 atom stereocenters. The van der Waals surface area contributed by atoms with E-state index >= 15 is 0 Å². The van der Waals surface area contributed by atoms with Gasteiger partial charge in [-0.2, -0.15) is 0 Å². The van der Waals surface area contributed by atoms with E-state index < -0.39 is 0 Å². The molecule has 1 fully saturated rings. The summed E-state index contributed by atoms with van der Waals surface area (Å²) in [6, 6.07) is 8.41. The van der Waals surface area contributed by atoms with Crippen molar-refractivity contribution in [1.29, 1.82) is 0 Å². The molecule has 1 aliphatic rings. The predicted molar refractivity (Wildman–Crippen MR) is 88.7 cm³/mol. The number of nitrogens with zero attached hydrogens (tertiary/aromatic N) is 1. The van der Waals surface area contributed by atoms with Gasteiger partial charge in [-0.25, -0.2) is 4.79 Å². The smallest absolute Gasteiger partial charge is 0.317 e. The number of carbonyl (C=O) groups excluding carboxylic acids is 1. The van der Waals surface area contributed by atoms with Gasteiger partial charge in [0, 0.05) is 13.1 Å². The van der Waals surface area contributed by atoms with Crippen LogP contribution >= 0.6 is 0 Å². The average Bonchev–Trinajstić information content (AvgIpc) is 2.54. The number of hydrogen-bond acceptors (Lipinski definition) is 2. The van der Waals surface area contributed by atoms with Crippen LogP contribution in [-0.4, -0.2) is 35.2 Å². The molecular formula is C18H28N2O2. The lowest BCUT2D eigenvalue weighted by molar-refractivity contribution is 0.0794. The fourth-order valence-corrected chi connectivity index (χ4v) is 2.99. The third-order valence-corrected chi connectivity index (χ3v) is 4.74. The van der Waals surface area contributed by atoms with E-state index in [0.717, 1.165) is 37.9 Å². The molecule has 1 aromatic carbocycles. The maximum atomic E-state index is 12.3. The number of benzene rings is 1. The first-order valence-electron chi connectivity index (χ1n) is 8.33. The van der Waals surface area contributed by atoms with Gasteiger partial charge >= 0.3 is 6.03 Å². The van der Waals surface area contributed by atoms with E-state index in [1.54, 1.807) is 0 Å². The first-order valence-corrected chi connectivity index (χ1v) is 8.33. The van der Waals surface area contributed by atoms with Crippen LogP contribution in [0.25, 0.3) is 0 Å². The van der Waals surface area contributed by atoms with Crippen molar-refractivity contribution in [1.82, 2.24) is 10.2 Å². The zero-order chi connectivity index (χ0) is 16.1. The number of carbonyl (C=O) groups is 1. The van der Waals surface area contributed by atoms with Crippen molar-refractivity contribution in [2.24, 2.45) is 5.92 Å². The fraction of sp³-hybridized carbons (Fsp3) is 0.611. The van der Waals surface area contributed by atoms with Gasteiger partial charge in [-0.1, -0.05) is 31.2 Å². The highest BCUT2D eigenvalue weighted by atomic mass is 16.3. The van der Waals surface area contributed by atoms with Crippen molar-refractivity contribution in [2.45, 2.75) is 52.2 Å². The molecule has 0 aliphatic carbocycles. The molecule has 2 rings (SSSR count). The van der Waals surface area contributed by atoms with Crippen LogP contribution in [0, 0.1) is 5.92 Å². The van der Waals surface area contributed by atoms with Crippen LogP contribution in [0.1, 0.15) is 50.8 Å². The van der Waals surface area contributed by atoms with Crippen molar-refractivity contribution in [3.63, 3.8) is 0 Å². The molecule has 1 heterocycles. The average molecular weight is 304 g/mol. The summed E-state index contributed by atoms with van der Waals surface area (Å²) in [4.78, 5) is 14.2. The second-order valence-corrected chi connectivity index (χ2v) is 6.33. The molecule has 1 saturated heterocycles. The molecule has 4 heteroatoms. The van der Waals surface area contributed by atoms with Crippen LogP contribution < -0.4 is 5.32 Å². The van der Waals surface area contributed by atoms with Gasteiger partial charge in [0.15, 0.2) is 0 Å². The summed E-state index contributed by atoms with van der Waals surface area (Å²) in [5, 5.41) is 12.7. The molecule has 0 bridgehead atoms. The number of aryl methyl sites for hydroxylation is 1. The van der Waals surface area contributed by atoms with Crippen LogP contribution in [0.4, 0.5) is 4.79 Å². The van der Waals surface area contributed by atoms with Crippen molar-refractivity contribution < 1.29 is 9.90 Å². The van der Waals surface area contributed by atoms with E-state index in [2.05, 4.69) is 36.5 Å². The largest absolute Gasteiger partial charge is 0.393 e. The summed E-state index contributed by atoms with van der Waals surface area (Å²) in [7, 11) is 0. The normalized spacial score (nSPS) is 18.8.